The van der Waals surface area contributed by atoms with Crippen LogP contribution in [0, 0.1) is 0 Å². The van der Waals surface area contributed by atoms with Crippen LogP contribution in [0.5, 0.6) is 0 Å². The lowest BCUT2D eigenvalue weighted by molar-refractivity contribution is -0.136. The smallest absolute Gasteiger partial charge is 0.337 e. The minimum Gasteiger partial charge on any atom is -0.507 e. The summed E-state index contributed by atoms with van der Waals surface area (Å²) in [4.78, 5) is 22.8. The number of hydrogen-bond acceptors (Lipinski definition) is 5. The number of esters is 2. The Morgan fingerprint density at radius 1 is 1.05 bits per heavy atom. The van der Waals surface area contributed by atoms with E-state index in [-0.39, 0.29) is 5.76 Å². The molecule has 1 N–H and O–H groups in total. The van der Waals surface area contributed by atoms with Crippen LogP contribution in [-0.2, 0) is 14.3 Å². The van der Waals surface area contributed by atoms with Crippen LogP contribution in [0.4, 0.5) is 0 Å². The van der Waals surface area contributed by atoms with Crippen LogP contribution in [0.15, 0.2) is 41.2 Å². The lowest BCUT2D eigenvalue weighted by atomic mass is 10.1. The zero-order chi connectivity index (χ0) is 15.4. The number of carbonyl (C=O) groups excluding carboxylic acids is 2. The van der Waals surface area contributed by atoms with Gasteiger partial charge in [-0.15, -0.1) is 0 Å². The number of rotatable bonds is 3. The Labute approximate surface area is 122 Å². The van der Waals surface area contributed by atoms with Gasteiger partial charge in [-0.05, 0) is 42.2 Å². The summed E-state index contributed by atoms with van der Waals surface area (Å²) in [5.74, 6) is -0.915. The van der Waals surface area contributed by atoms with Crippen LogP contribution in [0.1, 0.15) is 28.8 Å². The van der Waals surface area contributed by atoms with Crippen molar-refractivity contribution in [1.29, 1.82) is 0 Å². The van der Waals surface area contributed by atoms with Crippen LogP contribution in [-0.4, -0.2) is 31.3 Å². The largest absolute Gasteiger partial charge is 0.507 e. The van der Waals surface area contributed by atoms with E-state index >= 15 is 0 Å². The fraction of sp³-hybridized carbons (Fsp3) is 0.250. The Morgan fingerprint density at radius 2 is 1.67 bits per heavy atom. The van der Waals surface area contributed by atoms with Gasteiger partial charge in [0.2, 0.25) is 0 Å². The molecule has 1 aromatic rings. The van der Waals surface area contributed by atoms with Crippen molar-refractivity contribution in [3.63, 3.8) is 0 Å². The molecule has 5 heteroatoms. The second kappa shape index (κ2) is 6.26. The van der Waals surface area contributed by atoms with Gasteiger partial charge in [0.25, 0.3) is 0 Å². The first-order valence-corrected chi connectivity index (χ1v) is 6.46. The van der Waals surface area contributed by atoms with Crippen LogP contribution in [0.2, 0.25) is 0 Å². The molecular formula is C16H16O5. The molecule has 0 radical (unpaired) electrons. The molecule has 2 rings (SSSR count). The van der Waals surface area contributed by atoms with Gasteiger partial charge in [0.15, 0.2) is 0 Å². The van der Waals surface area contributed by atoms with Crippen molar-refractivity contribution in [2.24, 2.45) is 0 Å². The highest BCUT2D eigenvalue weighted by molar-refractivity contribution is 5.91. The number of aliphatic hydroxyl groups excluding tert-OH is 1. The summed E-state index contributed by atoms with van der Waals surface area (Å²) >= 11 is 0. The molecule has 0 aromatic heterocycles. The molecule has 0 heterocycles. The first-order valence-electron chi connectivity index (χ1n) is 6.46. The van der Waals surface area contributed by atoms with Gasteiger partial charge < -0.3 is 14.6 Å². The first-order chi connectivity index (χ1) is 10.1. The van der Waals surface area contributed by atoms with Crippen molar-refractivity contribution in [2.75, 3.05) is 14.2 Å². The molecule has 0 unspecified atom stereocenters. The maximum absolute atomic E-state index is 11.5. The Bertz CT molecular complexity index is 623. The van der Waals surface area contributed by atoms with Gasteiger partial charge in [-0.2, -0.15) is 0 Å². The average molecular weight is 288 g/mol. The third kappa shape index (κ3) is 3.13. The molecule has 0 amide bonds. The number of hydrogen-bond donors (Lipinski definition) is 1. The topological polar surface area (TPSA) is 72.8 Å². The Kier molecular flexibility index (Phi) is 4.42. The molecule has 110 valence electrons. The summed E-state index contributed by atoms with van der Waals surface area (Å²) in [6.45, 7) is 0. The van der Waals surface area contributed by atoms with Gasteiger partial charge in [-0.3, -0.25) is 0 Å². The van der Waals surface area contributed by atoms with Crippen molar-refractivity contribution in [3.05, 3.63) is 52.3 Å². The maximum atomic E-state index is 11.5. The van der Waals surface area contributed by atoms with E-state index in [9.17, 15) is 14.7 Å². The second-order valence-electron chi connectivity index (χ2n) is 4.60. The van der Waals surface area contributed by atoms with Gasteiger partial charge in [-0.25, -0.2) is 9.59 Å². The molecule has 1 aliphatic rings. The molecule has 0 bridgehead atoms. The Balaban J connectivity index is 2.23. The van der Waals surface area contributed by atoms with Gasteiger partial charge in [0.1, 0.15) is 5.76 Å². The summed E-state index contributed by atoms with van der Waals surface area (Å²) in [5.41, 5.74) is 2.27. The minimum atomic E-state index is -0.503. The molecule has 21 heavy (non-hydrogen) atoms. The summed E-state index contributed by atoms with van der Waals surface area (Å²) in [5, 5.41) is 10.0. The highest BCUT2D eigenvalue weighted by Crippen LogP contribution is 2.31. The van der Waals surface area contributed by atoms with Crippen LogP contribution in [0.25, 0.3) is 6.08 Å². The molecule has 5 nitrogen and oxygen atoms in total. The standard InChI is InChI=1S/C16H16O5/c1-20-15(18)11-5-3-10(4-6-11)9-12-7-8-13(14(12)17)16(19)21-2/h3-6,9,17H,7-8H2,1-2H3/b12-9+. The van der Waals surface area contributed by atoms with E-state index in [1.165, 1.54) is 14.2 Å². The second-order valence-corrected chi connectivity index (χ2v) is 4.60. The lowest BCUT2D eigenvalue weighted by Gasteiger charge is -2.02. The highest BCUT2D eigenvalue weighted by Gasteiger charge is 2.25. The molecular weight excluding hydrogens is 272 g/mol. The third-order valence-corrected chi connectivity index (χ3v) is 3.34. The number of benzene rings is 1. The Morgan fingerprint density at radius 3 is 2.24 bits per heavy atom. The SMILES string of the molecule is COC(=O)C1=C(O)/C(=C/c2ccc(C(=O)OC)cc2)CC1. The zero-order valence-corrected chi connectivity index (χ0v) is 11.9. The van der Waals surface area contributed by atoms with Crippen molar-refractivity contribution >= 4 is 18.0 Å². The summed E-state index contributed by atoms with van der Waals surface area (Å²) in [6.07, 6.45) is 2.83. The van der Waals surface area contributed by atoms with E-state index < -0.39 is 11.9 Å². The van der Waals surface area contributed by atoms with Crippen LogP contribution in [0.3, 0.4) is 0 Å². The van der Waals surface area contributed by atoms with E-state index in [0.717, 1.165) is 5.56 Å². The van der Waals surface area contributed by atoms with E-state index in [4.69, 9.17) is 0 Å². The maximum Gasteiger partial charge on any atom is 0.337 e. The van der Waals surface area contributed by atoms with Gasteiger partial charge in [0.05, 0.1) is 25.4 Å². The predicted molar refractivity (Wildman–Crippen MR) is 76.7 cm³/mol. The van der Waals surface area contributed by atoms with Gasteiger partial charge in [0, 0.05) is 0 Å². The number of allylic oxidation sites excluding steroid dienone is 1. The monoisotopic (exact) mass is 288 g/mol. The molecule has 0 saturated heterocycles. The molecule has 0 saturated carbocycles. The van der Waals surface area contributed by atoms with Crippen LogP contribution < -0.4 is 0 Å². The van der Waals surface area contributed by atoms with Gasteiger partial charge >= 0.3 is 11.9 Å². The van der Waals surface area contributed by atoms with E-state index in [1.54, 1.807) is 30.3 Å². The lowest BCUT2D eigenvalue weighted by Crippen LogP contribution is -2.04. The summed E-state index contributed by atoms with van der Waals surface area (Å²) < 4.78 is 9.25. The normalized spacial score (nSPS) is 16.2. The van der Waals surface area contributed by atoms with E-state index in [1.807, 2.05) is 0 Å². The fourth-order valence-electron chi connectivity index (χ4n) is 2.19. The summed E-state index contributed by atoms with van der Waals surface area (Å²) in [7, 11) is 2.61. The average Bonchev–Trinajstić information content (AvgIpc) is 2.87. The van der Waals surface area contributed by atoms with Crippen molar-refractivity contribution in [3.8, 4) is 0 Å². The van der Waals surface area contributed by atoms with Crippen molar-refractivity contribution in [2.45, 2.75) is 12.8 Å². The first kappa shape index (κ1) is 14.8. The molecule has 0 spiro atoms. The van der Waals surface area contributed by atoms with Crippen molar-refractivity contribution < 1.29 is 24.2 Å². The zero-order valence-electron chi connectivity index (χ0n) is 11.9. The fourth-order valence-corrected chi connectivity index (χ4v) is 2.19. The molecule has 0 atom stereocenters. The molecule has 1 aromatic carbocycles. The molecule has 0 fully saturated rings. The number of ether oxygens (including phenoxy) is 2. The molecule has 1 aliphatic carbocycles. The van der Waals surface area contributed by atoms with Gasteiger partial charge in [-0.1, -0.05) is 12.1 Å². The number of methoxy groups -OCH3 is 2. The number of aliphatic hydroxyl groups is 1. The minimum absolute atomic E-state index is 0.0149. The highest BCUT2D eigenvalue weighted by atomic mass is 16.5. The van der Waals surface area contributed by atoms with E-state index in [0.29, 0.717) is 29.6 Å². The predicted octanol–water partition coefficient (Wildman–Crippen LogP) is 2.64. The van der Waals surface area contributed by atoms with E-state index in [2.05, 4.69) is 9.47 Å². The Hall–Kier alpha value is -2.56. The molecule has 0 aliphatic heterocycles. The van der Waals surface area contributed by atoms with Crippen molar-refractivity contribution in [1.82, 2.24) is 0 Å². The van der Waals surface area contributed by atoms with Crippen LogP contribution >= 0.6 is 0 Å². The summed E-state index contributed by atoms with van der Waals surface area (Å²) in [6, 6.07) is 6.80. The third-order valence-electron chi connectivity index (χ3n) is 3.34. The quantitative estimate of drug-likeness (QED) is 0.866. The number of carbonyl (C=O) groups is 2.